The molecule has 1 heterocycles. The van der Waals surface area contributed by atoms with Crippen LogP contribution in [0.25, 0.3) is 0 Å². The van der Waals surface area contributed by atoms with Crippen molar-refractivity contribution >= 4 is 21.4 Å². The second-order valence-corrected chi connectivity index (χ2v) is 6.48. The van der Waals surface area contributed by atoms with Gasteiger partial charge in [-0.2, -0.15) is 0 Å². The summed E-state index contributed by atoms with van der Waals surface area (Å²) in [5, 5.41) is 0. The van der Waals surface area contributed by atoms with Crippen molar-refractivity contribution in [1.29, 1.82) is 0 Å². The molecule has 0 aliphatic carbocycles. The van der Waals surface area contributed by atoms with Crippen LogP contribution < -0.4 is 9.60 Å². The normalized spacial score (nSPS) is 11.9. The van der Waals surface area contributed by atoms with Crippen molar-refractivity contribution in [3.63, 3.8) is 0 Å². The molecule has 0 aliphatic rings. The number of H-pyrrole nitrogens is 1. The van der Waals surface area contributed by atoms with E-state index in [1.54, 1.807) is 6.92 Å². The first-order chi connectivity index (χ1) is 7.47. The van der Waals surface area contributed by atoms with Gasteiger partial charge in [0.15, 0.2) is 4.21 Å². The lowest BCUT2D eigenvalue weighted by atomic mass is 10.3. The molecule has 2 N–H and O–H groups in total. The quantitative estimate of drug-likeness (QED) is 0.758. The topological polar surface area (TPSA) is 79.0 Å². The van der Waals surface area contributed by atoms with E-state index in [9.17, 15) is 13.2 Å². The molecule has 0 aromatic carbocycles. The van der Waals surface area contributed by atoms with Gasteiger partial charge in [-0.15, -0.1) is 0 Å². The Morgan fingerprint density at radius 3 is 2.56 bits per heavy atom. The molecule has 92 valence electrons. The fourth-order valence-corrected chi connectivity index (χ4v) is 3.71. The van der Waals surface area contributed by atoms with Crippen molar-refractivity contribution in [1.82, 2.24) is 9.71 Å². The maximum atomic E-state index is 11.8. The summed E-state index contributed by atoms with van der Waals surface area (Å²) in [5.74, 6) is 0. The lowest BCUT2D eigenvalue weighted by Crippen LogP contribution is -2.24. The van der Waals surface area contributed by atoms with Gasteiger partial charge >= 0.3 is 4.87 Å². The molecule has 0 saturated heterocycles. The summed E-state index contributed by atoms with van der Waals surface area (Å²) in [6.45, 7) is 4.05. The smallest absolute Gasteiger partial charge is 0.305 e. The van der Waals surface area contributed by atoms with Crippen LogP contribution in [-0.2, 0) is 10.0 Å². The first kappa shape index (κ1) is 13.4. The number of sulfonamides is 1. The second kappa shape index (κ2) is 5.60. The number of unbranched alkanes of at least 4 members (excludes halogenated alkanes) is 2. The summed E-state index contributed by atoms with van der Waals surface area (Å²) in [6.07, 6.45) is 2.84. The molecular formula is C9H16N2O3S2. The van der Waals surface area contributed by atoms with E-state index in [1.807, 2.05) is 0 Å². The third-order valence-electron chi connectivity index (χ3n) is 2.10. The van der Waals surface area contributed by atoms with E-state index < -0.39 is 10.0 Å². The predicted molar refractivity (Wildman–Crippen MR) is 64.4 cm³/mol. The van der Waals surface area contributed by atoms with Gasteiger partial charge in [-0.3, -0.25) is 4.79 Å². The van der Waals surface area contributed by atoms with Gasteiger partial charge in [0, 0.05) is 12.2 Å². The van der Waals surface area contributed by atoms with E-state index in [1.165, 1.54) is 0 Å². The molecule has 1 rings (SSSR count). The first-order valence-electron chi connectivity index (χ1n) is 5.16. The summed E-state index contributed by atoms with van der Waals surface area (Å²) in [5.41, 5.74) is 0.401. The average Bonchev–Trinajstić information content (AvgIpc) is 2.53. The van der Waals surface area contributed by atoms with Crippen molar-refractivity contribution in [2.75, 3.05) is 6.54 Å². The Morgan fingerprint density at radius 1 is 1.38 bits per heavy atom. The van der Waals surface area contributed by atoms with Crippen LogP contribution in [-0.4, -0.2) is 19.9 Å². The molecule has 0 spiro atoms. The molecule has 0 bridgehead atoms. The highest BCUT2D eigenvalue weighted by atomic mass is 32.2. The van der Waals surface area contributed by atoms with Crippen LogP contribution in [0.2, 0.25) is 0 Å². The minimum absolute atomic E-state index is 0.0917. The fourth-order valence-electron chi connectivity index (χ4n) is 1.29. The Labute approximate surface area is 99.0 Å². The zero-order valence-electron chi connectivity index (χ0n) is 9.37. The number of aromatic amines is 1. The number of nitrogens with one attached hydrogen (secondary N) is 2. The Balaban J connectivity index is 2.71. The molecule has 1 aromatic rings. The average molecular weight is 264 g/mol. The molecule has 0 saturated carbocycles. The fraction of sp³-hybridized carbons (Fsp3) is 0.667. The Hall–Kier alpha value is -0.660. The van der Waals surface area contributed by atoms with Crippen LogP contribution in [0.1, 0.15) is 31.9 Å². The van der Waals surface area contributed by atoms with E-state index >= 15 is 0 Å². The molecular weight excluding hydrogens is 248 g/mol. The highest BCUT2D eigenvalue weighted by Gasteiger charge is 2.19. The van der Waals surface area contributed by atoms with Crippen molar-refractivity contribution in [2.24, 2.45) is 0 Å². The molecule has 0 fully saturated rings. The predicted octanol–water partition coefficient (Wildman–Crippen LogP) is 1.21. The van der Waals surface area contributed by atoms with Crippen LogP contribution in [0.4, 0.5) is 0 Å². The van der Waals surface area contributed by atoms with Crippen molar-refractivity contribution < 1.29 is 8.42 Å². The minimum atomic E-state index is -3.51. The van der Waals surface area contributed by atoms with Crippen LogP contribution in [0.3, 0.4) is 0 Å². The van der Waals surface area contributed by atoms with Gasteiger partial charge in [-0.05, 0) is 13.3 Å². The first-order valence-corrected chi connectivity index (χ1v) is 7.46. The summed E-state index contributed by atoms with van der Waals surface area (Å²) in [7, 11) is -3.51. The molecule has 0 unspecified atom stereocenters. The number of hydrogen-bond donors (Lipinski definition) is 2. The van der Waals surface area contributed by atoms with E-state index in [2.05, 4.69) is 16.6 Å². The van der Waals surface area contributed by atoms with Crippen LogP contribution in [0, 0.1) is 6.92 Å². The van der Waals surface area contributed by atoms with Gasteiger partial charge in [0.05, 0.1) is 0 Å². The summed E-state index contributed by atoms with van der Waals surface area (Å²) in [6, 6.07) is 0. The largest absolute Gasteiger partial charge is 0.315 e. The van der Waals surface area contributed by atoms with E-state index in [-0.39, 0.29) is 9.08 Å². The van der Waals surface area contributed by atoms with Gasteiger partial charge in [-0.1, -0.05) is 31.1 Å². The van der Waals surface area contributed by atoms with Crippen molar-refractivity contribution in [3.05, 3.63) is 15.4 Å². The molecule has 7 heteroatoms. The van der Waals surface area contributed by atoms with E-state index in [0.29, 0.717) is 12.2 Å². The number of aromatic nitrogens is 1. The number of aryl methyl sites for hydroxylation is 1. The van der Waals surface area contributed by atoms with Gasteiger partial charge in [0.1, 0.15) is 0 Å². The highest BCUT2D eigenvalue weighted by Crippen LogP contribution is 2.15. The van der Waals surface area contributed by atoms with Gasteiger partial charge in [-0.25, -0.2) is 13.1 Å². The minimum Gasteiger partial charge on any atom is -0.315 e. The Bertz CT molecular complexity index is 487. The summed E-state index contributed by atoms with van der Waals surface area (Å²) >= 11 is 0.724. The highest BCUT2D eigenvalue weighted by molar-refractivity contribution is 7.91. The molecule has 5 nitrogen and oxygen atoms in total. The maximum Gasteiger partial charge on any atom is 0.305 e. The van der Waals surface area contributed by atoms with Crippen molar-refractivity contribution in [2.45, 2.75) is 37.3 Å². The van der Waals surface area contributed by atoms with E-state index in [4.69, 9.17) is 0 Å². The third-order valence-corrected chi connectivity index (χ3v) is 5.16. The van der Waals surface area contributed by atoms with Gasteiger partial charge < -0.3 is 4.98 Å². The van der Waals surface area contributed by atoms with E-state index in [0.717, 1.165) is 30.6 Å². The van der Waals surface area contributed by atoms with Crippen molar-refractivity contribution in [3.8, 4) is 0 Å². The summed E-state index contributed by atoms with van der Waals surface area (Å²) in [4.78, 5) is 13.1. The monoisotopic (exact) mass is 264 g/mol. The van der Waals surface area contributed by atoms with Gasteiger partial charge in [0.2, 0.25) is 0 Å². The zero-order chi connectivity index (χ0) is 12.2. The lowest BCUT2D eigenvalue weighted by Gasteiger charge is -2.04. The molecule has 0 radical (unpaired) electrons. The standard InChI is InChI=1S/C9H16N2O3S2/c1-3-4-5-6-10-16(13,14)8-7(2)11-9(12)15-8/h10H,3-6H2,1-2H3,(H,11,12). The Kier molecular flexibility index (Phi) is 4.69. The van der Waals surface area contributed by atoms with Gasteiger partial charge in [0.25, 0.3) is 10.0 Å². The van der Waals surface area contributed by atoms with Crippen LogP contribution in [0.5, 0.6) is 0 Å². The Morgan fingerprint density at radius 2 is 2.06 bits per heavy atom. The maximum absolute atomic E-state index is 11.8. The zero-order valence-corrected chi connectivity index (χ0v) is 11.0. The molecule has 1 aromatic heterocycles. The number of thiazole rings is 1. The molecule has 0 aliphatic heterocycles. The molecule has 0 amide bonds. The second-order valence-electron chi connectivity index (χ2n) is 3.53. The lowest BCUT2D eigenvalue weighted by molar-refractivity contribution is 0.577. The SMILES string of the molecule is CCCCCNS(=O)(=O)c1sc(=O)[nH]c1C. The number of hydrogen-bond acceptors (Lipinski definition) is 4. The molecule has 0 atom stereocenters. The van der Waals surface area contributed by atoms with Crippen LogP contribution >= 0.6 is 11.3 Å². The number of rotatable bonds is 6. The summed E-state index contributed by atoms with van der Waals surface area (Å²) < 4.78 is 26.1. The van der Waals surface area contributed by atoms with Crippen LogP contribution in [0.15, 0.2) is 9.00 Å². The third kappa shape index (κ3) is 3.43. The molecule has 16 heavy (non-hydrogen) atoms.